The lowest BCUT2D eigenvalue weighted by Gasteiger charge is -2.21. The summed E-state index contributed by atoms with van der Waals surface area (Å²) in [4.78, 5) is 23.7. The van der Waals surface area contributed by atoms with Gasteiger partial charge in [-0.15, -0.1) is 11.6 Å². The number of likely N-dealkylation sites (N-methyl/N-ethyl adjacent to an activating group) is 1. The second kappa shape index (κ2) is 7.29. The van der Waals surface area contributed by atoms with Crippen molar-refractivity contribution in [3.63, 3.8) is 0 Å². The molecule has 0 aliphatic rings. The molecule has 0 bridgehead atoms. The van der Waals surface area contributed by atoms with Crippen molar-refractivity contribution in [1.82, 2.24) is 4.90 Å². The summed E-state index contributed by atoms with van der Waals surface area (Å²) in [5, 5.41) is -0.556. The Bertz CT molecular complexity index is 241. The van der Waals surface area contributed by atoms with E-state index < -0.39 is 11.3 Å². The zero-order valence-electron chi connectivity index (χ0n) is 9.03. The van der Waals surface area contributed by atoms with Crippen LogP contribution in [0.3, 0.4) is 0 Å². The van der Waals surface area contributed by atoms with Gasteiger partial charge in [0.2, 0.25) is 5.91 Å². The van der Waals surface area contributed by atoms with Gasteiger partial charge < -0.3 is 9.64 Å². The maximum absolute atomic E-state index is 11.5. The molecule has 0 fully saturated rings. The number of esters is 1. The third-order valence-corrected chi connectivity index (χ3v) is 1.99. The molecule has 0 aliphatic heterocycles. The number of nitrogens with zero attached hydrogens (tertiary/aromatic N) is 1. The minimum atomic E-state index is -0.556. The molecule has 0 aromatic heterocycles. The van der Waals surface area contributed by atoms with Gasteiger partial charge >= 0.3 is 5.97 Å². The van der Waals surface area contributed by atoms with Gasteiger partial charge in [-0.25, -0.2) is 4.79 Å². The van der Waals surface area contributed by atoms with E-state index in [1.807, 2.05) is 6.92 Å². The minimum absolute atomic E-state index is 0.159. The Morgan fingerprint density at radius 2 is 2.20 bits per heavy atom. The average molecular weight is 234 g/mol. The van der Waals surface area contributed by atoms with Gasteiger partial charge in [-0.3, -0.25) is 4.79 Å². The molecular weight excluding hydrogens is 218 g/mol. The zero-order valence-corrected chi connectivity index (χ0v) is 9.79. The van der Waals surface area contributed by atoms with Crippen molar-refractivity contribution >= 4 is 23.5 Å². The van der Waals surface area contributed by atoms with Crippen LogP contribution in [-0.4, -0.2) is 41.8 Å². The number of carbonyl (C=O) groups excluding carboxylic acids is 2. The van der Waals surface area contributed by atoms with Gasteiger partial charge in [0.15, 0.2) is 0 Å². The molecule has 0 aliphatic carbocycles. The van der Waals surface area contributed by atoms with Crippen LogP contribution in [0.15, 0.2) is 12.7 Å². The second-order valence-electron chi connectivity index (χ2n) is 2.91. The highest BCUT2D eigenvalue weighted by Gasteiger charge is 2.16. The molecule has 5 heteroatoms. The smallest absolute Gasteiger partial charge is 0.330 e. The van der Waals surface area contributed by atoms with Crippen molar-refractivity contribution in [2.75, 3.05) is 19.7 Å². The highest BCUT2D eigenvalue weighted by atomic mass is 35.5. The van der Waals surface area contributed by atoms with Crippen molar-refractivity contribution in [3.05, 3.63) is 12.7 Å². The first-order valence-corrected chi connectivity index (χ1v) is 5.18. The molecule has 0 rings (SSSR count). The Kier molecular flexibility index (Phi) is 6.79. The lowest BCUT2D eigenvalue weighted by molar-refractivity contribution is -0.140. The molecule has 0 spiro atoms. The highest BCUT2D eigenvalue weighted by Crippen LogP contribution is 2.01. The number of rotatable bonds is 6. The molecule has 1 unspecified atom stereocenters. The Morgan fingerprint density at radius 1 is 1.60 bits per heavy atom. The van der Waals surface area contributed by atoms with E-state index in [1.54, 1.807) is 6.92 Å². The van der Waals surface area contributed by atoms with Gasteiger partial charge in [0.05, 0.1) is 6.54 Å². The van der Waals surface area contributed by atoms with Gasteiger partial charge in [-0.05, 0) is 13.8 Å². The fraction of sp³-hybridized carbons (Fsp3) is 0.600. The molecule has 1 atom stereocenters. The molecule has 1 amide bonds. The molecule has 4 nitrogen and oxygen atoms in total. The molecule has 0 saturated carbocycles. The van der Waals surface area contributed by atoms with Crippen molar-refractivity contribution in [2.45, 2.75) is 19.2 Å². The zero-order chi connectivity index (χ0) is 11.8. The summed E-state index contributed by atoms with van der Waals surface area (Å²) in [5.41, 5.74) is 0. The standard InChI is InChI=1S/C10H16ClNO3/c1-4-9(13)15-7-6-12(5-2)10(14)8(3)11/h4,8H,1,5-7H2,2-3H3. The fourth-order valence-electron chi connectivity index (χ4n) is 0.991. The SMILES string of the molecule is C=CC(=O)OCCN(CC)C(=O)C(C)Cl. The third-order valence-electron chi connectivity index (χ3n) is 1.81. The Morgan fingerprint density at radius 3 is 2.60 bits per heavy atom. The quantitative estimate of drug-likeness (QED) is 0.393. The Labute approximate surface area is 94.8 Å². The van der Waals surface area contributed by atoms with Gasteiger partial charge in [0.25, 0.3) is 0 Å². The van der Waals surface area contributed by atoms with Crippen LogP contribution in [0.25, 0.3) is 0 Å². The fourth-order valence-corrected chi connectivity index (χ4v) is 1.13. The van der Waals surface area contributed by atoms with Crippen LogP contribution in [0.4, 0.5) is 0 Å². The molecule has 15 heavy (non-hydrogen) atoms. The number of amides is 1. The van der Waals surface area contributed by atoms with Gasteiger partial charge in [-0.2, -0.15) is 0 Å². The highest BCUT2D eigenvalue weighted by molar-refractivity contribution is 6.30. The van der Waals surface area contributed by atoms with E-state index in [0.717, 1.165) is 6.08 Å². The summed E-state index contributed by atoms with van der Waals surface area (Å²) in [6.45, 7) is 7.78. The Hall–Kier alpha value is -1.03. The largest absolute Gasteiger partial charge is 0.461 e. The third kappa shape index (κ3) is 5.42. The molecule has 0 heterocycles. The van der Waals surface area contributed by atoms with E-state index >= 15 is 0 Å². The summed E-state index contributed by atoms with van der Waals surface area (Å²) in [7, 11) is 0. The van der Waals surface area contributed by atoms with Crippen molar-refractivity contribution < 1.29 is 14.3 Å². The number of alkyl halides is 1. The monoisotopic (exact) mass is 233 g/mol. The van der Waals surface area contributed by atoms with Crippen LogP contribution < -0.4 is 0 Å². The summed E-state index contributed by atoms with van der Waals surface area (Å²) in [6, 6.07) is 0. The van der Waals surface area contributed by atoms with Crippen LogP contribution in [-0.2, 0) is 14.3 Å². The first-order chi connectivity index (χ1) is 7.02. The number of ether oxygens (including phenoxy) is 1. The summed E-state index contributed by atoms with van der Waals surface area (Å²) in [6.07, 6.45) is 1.09. The minimum Gasteiger partial charge on any atom is -0.461 e. The second-order valence-corrected chi connectivity index (χ2v) is 3.56. The first kappa shape index (κ1) is 14.0. The summed E-state index contributed by atoms with van der Waals surface area (Å²) < 4.78 is 4.76. The van der Waals surface area contributed by atoms with E-state index in [4.69, 9.17) is 16.3 Å². The van der Waals surface area contributed by atoms with Gasteiger partial charge in [-0.1, -0.05) is 6.58 Å². The molecule has 0 aromatic rings. The predicted octanol–water partition coefficient (Wildman–Crippen LogP) is 1.19. The van der Waals surface area contributed by atoms with Crippen molar-refractivity contribution in [3.8, 4) is 0 Å². The normalized spacial score (nSPS) is 11.7. The predicted molar refractivity (Wildman–Crippen MR) is 58.7 cm³/mol. The molecule has 0 aromatic carbocycles. The lowest BCUT2D eigenvalue weighted by atomic mass is 10.3. The van der Waals surface area contributed by atoms with E-state index in [-0.39, 0.29) is 12.5 Å². The van der Waals surface area contributed by atoms with E-state index in [1.165, 1.54) is 4.90 Å². The topological polar surface area (TPSA) is 46.6 Å². The molecule has 0 saturated heterocycles. The molecule has 0 N–H and O–H groups in total. The number of hydrogen-bond donors (Lipinski definition) is 0. The first-order valence-electron chi connectivity index (χ1n) is 4.75. The summed E-state index contributed by atoms with van der Waals surface area (Å²) in [5.74, 6) is -0.647. The number of halogens is 1. The van der Waals surface area contributed by atoms with Crippen molar-refractivity contribution in [1.29, 1.82) is 0 Å². The van der Waals surface area contributed by atoms with E-state index in [0.29, 0.717) is 13.1 Å². The van der Waals surface area contributed by atoms with Crippen LogP contribution in [0.5, 0.6) is 0 Å². The van der Waals surface area contributed by atoms with Crippen LogP contribution in [0.2, 0.25) is 0 Å². The maximum atomic E-state index is 11.5. The van der Waals surface area contributed by atoms with Gasteiger partial charge in [0, 0.05) is 12.6 Å². The lowest BCUT2D eigenvalue weighted by Crippen LogP contribution is -2.38. The molecular formula is C10H16ClNO3. The van der Waals surface area contributed by atoms with Crippen LogP contribution in [0.1, 0.15) is 13.8 Å². The number of carbonyl (C=O) groups is 2. The molecule has 86 valence electrons. The van der Waals surface area contributed by atoms with E-state index in [9.17, 15) is 9.59 Å². The average Bonchev–Trinajstić information content (AvgIpc) is 2.22. The van der Waals surface area contributed by atoms with Gasteiger partial charge in [0.1, 0.15) is 12.0 Å². The van der Waals surface area contributed by atoms with E-state index in [2.05, 4.69) is 6.58 Å². The van der Waals surface area contributed by atoms with Crippen LogP contribution >= 0.6 is 11.6 Å². The Balaban J connectivity index is 3.95. The van der Waals surface area contributed by atoms with Crippen LogP contribution in [0, 0.1) is 0 Å². The molecule has 0 radical (unpaired) electrons. The van der Waals surface area contributed by atoms with Crippen molar-refractivity contribution in [2.24, 2.45) is 0 Å². The number of hydrogen-bond acceptors (Lipinski definition) is 3. The summed E-state index contributed by atoms with van der Waals surface area (Å²) >= 11 is 5.66. The maximum Gasteiger partial charge on any atom is 0.330 e.